The van der Waals surface area contributed by atoms with Gasteiger partial charge in [0.05, 0.1) is 45.3 Å². The third-order valence-corrected chi connectivity index (χ3v) is 3.79. The zero-order valence-electron chi connectivity index (χ0n) is 14.5. The van der Waals surface area contributed by atoms with Crippen molar-refractivity contribution in [2.45, 2.75) is 13.0 Å². The van der Waals surface area contributed by atoms with Gasteiger partial charge in [-0.05, 0) is 6.92 Å². The molecule has 1 aliphatic heterocycles. The molecule has 3 rings (SSSR count). The summed E-state index contributed by atoms with van der Waals surface area (Å²) < 4.78 is 20.4. The van der Waals surface area contributed by atoms with E-state index in [1.54, 1.807) is 19.4 Å². The zero-order valence-corrected chi connectivity index (χ0v) is 14.5. The fourth-order valence-electron chi connectivity index (χ4n) is 2.59. The second kappa shape index (κ2) is 8.97. The lowest BCUT2D eigenvalue weighted by atomic mass is 10.2. The highest BCUT2D eigenvalue weighted by Gasteiger charge is 2.23. The standard InChI is InChI=1S/C15H20N6O2.CH3F/c1-10-9-23-6-5-21(10)14-7-12(22-2)11(8-16)15(19-14)18-13-3-4-17-20-13;1-2/h3-4,7-8,10,16H,5-6,9H2,1-2H3,(H2,17,18,19,20);1H3. The van der Waals surface area contributed by atoms with Crippen molar-refractivity contribution in [3.05, 3.63) is 23.9 Å². The van der Waals surface area contributed by atoms with Crippen LogP contribution in [0.5, 0.6) is 5.75 Å². The monoisotopic (exact) mass is 350 g/mol. The summed E-state index contributed by atoms with van der Waals surface area (Å²) in [5, 5.41) is 17.6. The smallest absolute Gasteiger partial charge is 0.146 e. The summed E-state index contributed by atoms with van der Waals surface area (Å²) in [7, 11) is 2.09. The van der Waals surface area contributed by atoms with E-state index in [1.165, 1.54) is 6.21 Å². The Kier molecular flexibility index (Phi) is 6.70. The number of rotatable bonds is 5. The topological polar surface area (TPSA) is 99.2 Å². The number of pyridine rings is 1. The number of aromatic amines is 1. The summed E-state index contributed by atoms with van der Waals surface area (Å²) in [5.41, 5.74) is 0.590. The van der Waals surface area contributed by atoms with Gasteiger partial charge in [0.25, 0.3) is 0 Å². The first-order valence-corrected chi connectivity index (χ1v) is 7.81. The number of hydrogen-bond donors (Lipinski definition) is 3. The first kappa shape index (κ1) is 18.7. The molecule has 0 radical (unpaired) electrons. The van der Waals surface area contributed by atoms with Crippen LogP contribution in [0.4, 0.5) is 21.8 Å². The quantitative estimate of drug-likeness (QED) is 0.716. The van der Waals surface area contributed by atoms with Crippen LogP contribution in [0, 0.1) is 5.41 Å². The molecule has 9 heteroatoms. The molecule has 0 aliphatic carbocycles. The first-order chi connectivity index (χ1) is 12.2. The maximum atomic E-state index is 9.50. The Labute approximate surface area is 145 Å². The highest BCUT2D eigenvalue weighted by molar-refractivity contribution is 5.90. The highest BCUT2D eigenvalue weighted by atomic mass is 19.1. The van der Waals surface area contributed by atoms with Crippen molar-refractivity contribution in [2.75, 3.05) is 44.3 Å². The molecule has 136 valence electrons. The zero-order chi connectivity index (χ0) is 18.2. The van der Waals surface area contributed by atoms with Crippen LogP contribution < -0.4 is 15.0 Å². The second-order valence-electron chi connectivity index (χ2n) is 5.30. The number of nitrogens with zero attached hydrogens (tertiary/aromatic N) is 3. The van der Waals surface area contributed by atoms with Gasteiger partial charge in [-0.15, -0.1) is 0 Å². The van der Waals surface area contributed by atoms with E-state index < -0.39 is 0 Å². The summed E-state index contributed by atoms with van der Waals surface area (Å²) in [6.07, 6.45) is 2.88. The first-order valence-electron chi connectivity index (χ1n) is 7.81. The van der Waals surface area contributed by atoms with Crippen LogP contribution in [0.25, 0.3) is 0 Å². The van der Waals surface area contributed by atoms with Crippen LogP contribution in [0.3, 0.4) is 0 Å². The molecule has 1 fully saturated rings. The predicted molar refractivity (Wildman–Crippen MR) is 95.2 cm³/mol. The third kappa shape index (κ3) is 4.24. The van der Waals surface area contributed by atoms with Crippen molar-refractivity contribution in [3.8, 4) is 5.75 Å². The molecular formula is C16H23FN6O2. The molecule has 1 aliphatic rings. The summed E-state index contributed by atoms with van der Waals surface area (Å²) in [5.74, 6) is 2.66. The van der Waals surface area contributed by atoms with Gasteiger partial charge in [0.2, 0.25) is 0 Å². The number of halogens is 1. The molecular weight excluding hydrogens is 327 g/mol. The third-order valence-electron chi connectivity index (χ3n) is 3.79. The second-order valence-corrected chi connectivity index (χ2v) is 5.30. The van der Waals surface area contributed by atoms with Crippen molar-refractivity contribution in [1.82, 2.24) is 15.2 Å². The highest BCUT2D eigenvalue weighted by Crippen LogP contribution is 2.31. The van der Waals surface area contributed by atoms with E-state index in [2.05, 4.69) is 32.3 Å². The molecule has 2 aromatic heterocycles. The van der Waals surface area contributed by atoms with Crippen LogP contribution >= 0.6 is 0 Å². The number of aromatic nitrogens is 3. The molecule has 8 nitrogen and oxygen atoms in total. The molecule has 2 aromatic rings. The largest absolute Gasteiger partial charge is 0.496 e. The summed E-state index contributed by atoms with van der Waals surface area (Å²) >= 11 is 0. The van der Waals surface area contributed by atoms with Crippen LogP contribution in [0.15, 0.2) is 18.3 Å². The number of ether oxygens (including phenoxy) is 2. The van der Waals surface area contributed by atoms with E-state index in [9.17, 15) is 4.39 Å². The van der Waals surface area contributed by atoms with Gasteiger partial charge in [-0.3, -0.25) is 9.49 Å². The van der Waals surface area contributed by atoms with Gasteiger partial charge in [0, 0.05) is 24.9 Å². The number of nitrogens with one attached hydrogen (secondary N) is 3. The average Bonchev–Trinajstić information content (AvgIpc) is 3.16. The Morgan fingerprint density at radius 3 is 2.92 bits per heavy atom. The van der Waals surface area contributed by atoms with Gasteiger partial charge in [-0.2, -0.15) is 5.10 Å². The molecule has 0 bridgehead atoms. The number of anilines is 3. The van der Waals surface area contributed by atoms with E-state index in [0.29, 0.717) is 43.3 Å². The molecule has 1 unspecified atom stereocenters. The fourth-order valence-corrected chi connectivity index (χ4v) is 2.59. The van der Waals surface area contributed by atoms with Crippen molar-refractivity contribution in [2.24, 2.45) is 0 Å². The van der Waals surface area contributed by atoms with Crippen molar-refractivity contribution >= 4 is 23.7 Å². The van der Waals surface area contributed by atoms with Crippen molar-refractivity contribution in [1.29, 1.82) is 5.41 Å². The molecule has 0 spiro atoms. The molecule has 3 N–H and O–H groups in total. The van der Waals surface area contributed by atoms with E-state index in [-0.39, 0.29) is 6.04 Å². The van der Waals surface area contributed by atoms with Gasteiger partial charge in [0.1, 0.15) is 23.2 Å². The fraction of sp³-hybridized carbons (Fsp3) is 0.438. The van der Waals surface area contributed by atoms with E-state index in [0.717, 1.165) is 12.4 Å². The van der Waals surface area contributed by atoms with Crippen molar-refractivity contribution in [3.63, 3.8) is 0 Å². The number of methoxy groups -OCH3 is 1. The number of hydrogen-bond acceptors (Lipinski definition) is 7. The molecule has 0 amide bonds. The molecule has 0 aromatic carbocycles. The minimum absolute atomic E-state index is 0.229. The minimum Gasteiger partial charge on any atom is -0.496 e. The lowest BCUT2D eigenvalue weighted by molar-refractivity contribution is 0.0985. The Bertz CT molecular complexity index is 680. The molecule has 1 atom stereocenters. The normalized spacial score (nSPS) is 16.6. The van der Waals surface area contributed by atoms with Crippen LogP contribution in [0.1, 0.15) is 12.5 Å². The van der Waals surface area contributed by atoms with Gasteiger partial charge in [0.15, 0.2) is 0 Å². The van der Waals surface area contributed by atoms with Crippen LogP contribution in [-0.2, 0) is 4.74 Å². The van der Waals surface area contributed by atoms with Crippen LogP contribution in [0.2, 0.25) is 0 Å². The molecule has 25 heavy (non-hydrogen) atoms. The van der Waals surface area contributed by atoms with E-state index >= 15 is 0 Å². The van der Waals surface area contributed by atoms with Gasteiger partial charge < -0.3 is 25.1 Å². The van der Waals surface area contributed by atoms with Crippen LogP contribution in [-0.4, -0.2) is 61.5 Å². The Morgan fingerprint density at radius 1 is 1.52 bits per heavy atom. The number of H-pyrrole nitrogens is 1. The maximum Gasteiger partial charge on any atom is 0.146 e. The Hall–Kier alpha value is -2.68. The average molecular weight is 350 g/mol. The molecule has 0 saturated carbocycles. The summed E-state index contributed by atoms with van der Waals surface area (Å²) in [6.45, 7) is 4.20. The number of morpholine rings is 1. The molecule has 1 saturated heterocycles. The van der Waals surface area contributed by atoms with Gasteiger partial charge >= 0.3 is 0 Å². The maximum absolute atomic E-state index is 9.50. The Morgan fingerprint density at radius 2 is 2.32 bits per heavy atom. The minimum atomic E-state index is 0.229. The van der Waals surface area contributed by atoms with Crippen molar-refractivity contribution < 1.29 is 13.9 Å². The lowest BCUT2D eigenvalue weighted by Crippen LogP contribution is -2.44. The molecule has 3 heterocycles. The predicted octanol–water partition coefficient (Wildman–Crippen LogP) is 2.37. The van der Waals surface area contributed by atoms with Gasteiger partial charge in [-0.25, -0.2) is 4.98 Å². The van der Waals surface area contributed by atoms with Gasteiger partial charge in [-0.1, -0.05) is 0 Å². The lowest BCUT2D eigenvalue weighted by Gasteiger charge is -2.34. The summed E-state index contributed by atoms with van der Waals surface area (Å²) in [6, 6.07) is 3.89. The Balaban J connectivity index is 0.00000109. The SMILES string of the molecule is CF.COc1cc(N2CCOCC2C)nc(Nc2ccn[nH]2)c1C=N. The van der Waals surface area contributed by atoms with E-state index in [4.69, 9.17) is 14.9 Å². The summed E-state index contributed by atoms with van der Waals surface area (Å²) in [4.78, 5) is 6.86. The number of alkyl halides is 1. The van der Waals surface area contributed by atoms with E-state index in [1.807, 2.05) is 6.07 Å².